The zero-order valence-electron chi connectivity index (χ0n) is 18.6. The van der Waals surface area contributed by atoms with Crippen molar-refractivity contribution in [2.75, 3.05) is 30.3 Å². The first kappa shape index (κ1) is 25.1. The minimum atomic E-state index is -3.85. The largest absolute Gasteiger partial charge is 0.507 e. The van der Waals surface area contributed by atoms with E-state index in [0.29, 0.717) is 10.1 Å². The summed E-state index contributed by atoms with van der Waals surface area (Å²) in [6, 6.07) is 6.11. The first-order valence-corrected chi connectivity index (χ1v) is 10.6. The number of rotatable bonds is 8. The summed E-state index contributed by atoms with van der Waals surface area (Å²) in [4.78, 5) is 29.4. The quantitative estimate of drug-likeness (QED) is 0.379. The first-order valence-electron chi connectivity index (χ1n) is 10.6. The second-order valence-electron chi connectivity index (χ2n) is 7.57. The third-order valence-corrected chi connectivity index (χ3v) is 5.42. The molecule has 0 aliphatic carbocycles. The molecule has 0 radical (unpaired) electrons. The molecule has 4 N–H and O–H groups in total. The van der Waals surface area contributed by atoms with Crippen LogP contribution in [0.2, 0.25) is 0 Å². The fourth-order valence-electron chi connectivity index (χ4n) is 3.54. The van der Waals surface area contributed by atoms with Crippen LogP contribution in [0.3, 0.4) is 0 Å². The number of aliphatic hydroxyl groups excluding tert-OH is 1. The lowest BCUT2D eigenvalue weighted by Gasteiger charge is -2.21. The van der Waals surface area contributed by atoms with Crippen molar-refractivity contribution in [3.05, 3.63) is 52.6 Å². The molecule has 2 heterocycles. The van der Waals surface area contributed by atoms with Crippen LogP contribution in [0, 0.1) is 0 Å². The second kappa shape index (κ2) is 10.2. The number of aromatic hydroxyl groups is 1. The molecule has 10 nitrogen and oxygen atoms in total. The van der Waals surface area contributed by atoms with Crippen LogP contribution in [-0.4, -0.2) is 63.6 Å². The molecule has 1 fully saturated rings. The van der Waals surface area contributed by atoms with Crippen LogP contribution in [0.15, 0.2) is 41.3 Å². The molecule has 34 heavy (non-hydrogen) atoms. The van der Waals surface area contributed by atoms with Gasteiger partial charge >= 0.3 is 17.6 Å². The number of halogens is 2. The molecule has 1 aliphatic rings. The van der Waals surface area contributed by atoms with Gasteiger partial charge in [-0.2, -0.15) is 13.8 Å². The maximum atomic E-state index is 14.5. The minimum absolute atomic E-state index is 0.0481. The molecule has 1 aliphatic heterocycles. The van der Waals surface area contributed by atoms with E-state index < -0.39 is 42.6 Å². The number of hydrogen-bond acceptors (Lipinski definition) is 9. The molecule has 1 aromatic heterocycles. The van der Waals surface area contributed by atoms with Gasteiger partial charge in [-0.05, 0) is 38.1 Å². The van der Waals surface area contributed by atoms with Gasteiger partial charge in [-0.1, -0.05) is 0 Å². The summed E-state index contributed by atoms with van der Waals surface area (Å²) in [7, 11) is 0. The van der Waals surface area contributed by atoms with Crippen molar-refractivity contribution in [2.45, 2.75) is 38.2 Å². The summed E-state index contributed by atoms with van der Waals surface area (Å²) in [6.45, 7) is 4.79. The van der Waals surface area contributed by atoms with Crippen LogP contribution in [0.1, 0.15) is 25.6 Å². The zero-order chi connectivity index (χ0) is 25.0. The van der Waals surface area contributed by atoms with Crippen LogP contribution in [0.4, 0.5) is 20.3 Å². The molecule has 0 saturated carbocycles. The van der Waals surface area contributed by atoms with Gasteiger partial charge in [0.05, 0.1) is 0 Å². The maximum Gasteiger partial charge on any atom is 0.351 e. The SMILES string of the molecule is CCN(CC)c1ccc(/C=C/C(=O)OC[C@H]2O[C@@H](n3ccc(N)nc3=O)C(F)(F)[C@@H]2O)c(O)c1. The number of nitrogens with two attached hydrogens (primary N) is 1. The third-order valence-electron chi connectivity index (χ3n) is 5.42. The van der Waals surface area contributed by atoms with Gasteiger partial charge in [0.1, 0.15) is 24.3 Å². The fourth-order valence-corrected chi connectivity index (χ4v) is 3.54. The molecule has 0 unspecified atom stereocenters. The summed E-state index contributed by atoms with van der Waals surface area (Å²) >= 11 is 0. The summed E-state index contributed by atoms with van der Waals surface area (Å²) < 4.78 is 39.6. The molecular formula is C22H26F2N4O6. The van der Waals surface area contributed by atoms with Gasteiger partial charge in [0, 0.05) is 42.7 Å². The van der Waals surface area contributed by atoms with Gasteiger partial charge in [0.15, 0.2) is 6.10 Å². The Balaban J connectivity index is 1.63. The predicted octanol–water partition coefficient (Wildman–Crippen LogP) is 1.53. The average molecular weight is 480 g/mol. The average Bonchev–Trinajstić information content (AvgIpc) is 3.01. The fraction of sp³-hybridized carbons (Fsp3) is 0.409. The van der Waals surface area contributed by atoms with E-state index in [9.17, 15) is 28.6 Å². The highest BCUT2D eigenvalue weighted by Gasteiger charge is 2.60. The number of alkyl halides is 2. The molecule has 0 spiro atoms. The summed E-state index contributed by atoms with van der Waals surface area (Å²) in [6.07, 6.45) is -2.78. The van der Waals surface area contributed by atoms with Crippen molar-refractivity contribution in [1.82, 2.24) is 9.55 Å². The van der Waals surface area contributed by atoms with Crippen molar-refractivity contribution < 1.29 is 33.3 Å². The van der Waals surface area contributed by atoms with Crippen molar-refractivity contribution in [3.63, 3.8) is 0 Å². The normalized spacial score (nSPS) is 21.6. The van der Waals surface area contributed by atoms with E-state index in [1.165, 1.54) is 6.08 Å². The standard InChI is InChI=1S/C22H26F2N4O6/c1-3-27(4-2)14-7-5-13(15(29)11-14)6-8-18(30)33-12-16-19(31)22(23,24)20(34-16)28-10-9-17(25)26-21(28)32/h5-11,16,19-20,29,31H,3-4,12H2,1-2H3,(H2,25,26,32)/b8-6+/t16-,19-,20-/m1/s1. The Hall–Kier alpha value is -3.51. The summed E-state index contributed by atoms with van der Waals surface area (Å²) in [5, 5.41) is 20.2. The third kappa shape index (κ3) is 5.18. The van der Waals surface area contributed by atoms with Gasteiger partial charge in [-0.25, -0.2) is 9.59 Å². The highest BCUT2D eigenvalue weighted by molar-refractivity contribution is 5.87. The maximum absolute atomic E-state index is 14.5. The van der Waals surface area contributed by atoms with Crippen molar-refractivity contribution in [1.29, 1.82) is 0 Å². The van der Waals surface area contributed by atoms with Gasteiger partial charge in [-0.3, -0.25) is 4.57 Å². The lowest BCUT2D eigenvalue weighted by atomic mass is 10.1. The first-order chi connectivity index (χ1) is 16.1. The van der Waals surface area contributed by atoms with E-state index in [4.69, 9.17) is 15.2 Å². The lowest BCUT2D eigenvalue weighted by Crippen LogP contribution is -2.42. The van der Waals surface area contributed by atoms with E-state index in [2.05, 4.69) is 4.98 Å². The Morgan fingerprint density at radius 2 is 2.06 bits per heavy atom. The summed E-state index contributed by atoms with van der Waals surface area (Å²) in [5.74, 6) is -4.96. The minimum Gasteiger partial charge on any atom is -0.507 e. The summed E-state index contributed by atoms with van der Waals surface area (Å²) in [5.41, 5.74) is 5.45. The van der Waals surface area contributed by atoms with Gasteiger partial charge in [-0.15, -0.1) is 0 Å². The number of anilines is 2. The van der Waals surface area contributed by atoms with E-state index >= 15 is 0 Å². The smallest absolute Gasteiger partial charge is 0.351 e. The van der Waals surface area contributed by atoms with Crippen LogP contribution < -0.4 is 16.3 Å². The van der Waals surface area contributed by atoms with E-state index in [1.54, 1.807) is 18.2 Å². The molecule has 0 bridgehead atoms. The molecule has 1 saturated heterocycles. The van der Waals surface area contributed by atoms with Gasteiger partial charge in [0.2, 0.25) is 6.23 Å². The Bertz CT molecular complexity index is 1120. The number of carbonyl (C=O) groups excluding carboxylic acids is 1. The molecule has 12 heteroatoms. The predicted molar refractivity (Wildman–Crippen MR) is 119 cm³/mol. The van der Waals surface area contributed by atoms with E-state index in [-0.39, 0.29) is 11.6 Å². The van der Waals surface area contributed by atoms with Crippen LogP contribution >= 0.6 is 0 Å². The molecule has 2 aromatic rings. The highest BCUT2D eigenvalue weighted by atomic mass is 19.3. The Morgan fingerprint density at radius 1 is 1.35 bits per heavy atom. The monoisotopic (exact) mass is 480 g/mol. The number of phenols is 1. The van der Waals surface area contributed by atoms with Crippen molar-refractivity contribution >= 4 is 23.6 Å². The number of phenolic OH excluding ortho intramolecular Hbond substituents is 1. The number of nitrogen functional groups attached to an aromatic ring is 1. The van der Waals surface area contributed by atoms with Crippen LogP contribution in [0.5, 0.6) is 5.75 Å². The molecule has 184 valence electrons. The number of nitrogens with zero attached hydrogens (tertiary/aromatic N) is 3. The lowest BCUT2D eigenvalue weighted by molar-refractivity contribution is -0.145. The Morgan fingerprint density at radius 3 is 2.68 bits per heavy atom. The number of esters is 1. The Labute approximate surface area is 193 Å². The molecule has 3 atom stereocenters. The molecule has 0 amide bonds. The highest BCUT2D eigenvalue weighted by Crippen LogP contribution is 2.42. The Kier molecular flexibility index (Phi) is 7.52. The molecule has 1 aromatic carbocycles. The zero-order valence-corrected chi connectivity index (χ0v) is 18.6. The van der Waals surface area contributed by atoms with Gasteiger partial charge < -0.3 is 30.3 Å². The molecule has 3 rings (SSSR count). The second-order valence-corrected chi connectivity index (χ2v) is 7.57. The topological polar surface area (TPSA) is 140 Å². The number of carbonyl (C=O) groups is 1. The van der Waals surface area contributed by atoms with Crippen LogP contribution in [0.25, 0.3) is 6.08 Å². The van der Waals surface area contributed by atoms with E-state index in [0.717, 1.165) is 37.1 Å². The number of ether oxygens (including phenoxy) is 2. The van der Waals surface area contributed by atoms with E-state index in [1.807, 2.05) is 18.7 Å². The van der Waals surface area contributed by atoms with Crippen LogP contribution in [-0.2, 0) is 14.3 Å². The number of aliphatic hydroxyl groups is 1. The number of benzene rings is 1. The van der Waals surface area contributed by atoms with Crippen molar-refractivity contribution in [2.24, 2.45) is 0 Å². The number of aromatic nitrogens is 2. The van der Waals surface area contributed by atoms with Gasteiger partial charge in [0.25, 0.3) is 0 Å². The molecular weight excluding hydrogens is 454 g/mol. The van der Waals surface area contributed by atoms with Crippen molar-refractivity contribution in [3.8, 4) is 5.75 Å². The number of hydrogen-bond donors (Lipinski definition) is 3.